The van der Waals surface area contributed by atoms with E-state index in [4.69, 9.17) is 5.73 Å². The van der Waals surface area contributed by atoms with Gasteiger partial charge in [0.1, 0.15) is 0 Å². The molecule has 4 nitrogen and oxygen atoms in total. The van der Waals surface area contributed by atoms with E-state index in [0.717, 1.165) is 32.4 Å². The highest BCUT2D eigenvalue weighted by molar-refractivity contribution is 14.0. The Labute approximate surface area is 127 Å². The molecule has 2 fully saturated rings. The van der Waals surface area contributed by atoms with Crippen LogP contribution in [0.2, 0.25) is 0 Å². The summed E-state index contributed by atoms with van der Waals surface area (Å²) in [6, 6.07) is 0. The molecule has 0 amide bonds. The molecule has 1 saturated carbocycles. The number of rotatable bonds is 2. The zero-order valence-electron chi connectivity index (χ0n) is 11.1. The lowest BCUT2D eigenvalue weighted by Gasteiger charge is -2.22. The third-order valence-corrected chi connectivity index (χ3v) is 4.04. The van der Waals surface area contributed by atoms with E-state index in [1.807, 2.05) is 0 Å². The Morgan fingerprint density at radius 2 is 1.78 bits per heavy atom. The van der Waals surface area contributed by atoms with Gasteiger partial charge in [-0.1, -0.05) is 19.3 Å². The first kappa shape index (κ1) is 16.0. The lowest BCUT2D eigenvalue weighted by atomic mass is 10.1. The summed E-state index contributed by atoms with van der Waals surface area (Å²) in [6.07, 6.45) is 8.07. The highest BCUT2D eigenvalue weighted by atomic mass is 127. The van der Waals surface area contributed by atoms with Gasteiger partial charge in [0.15, 0.2) is 5.96 Å². The Balaban J connectivity index is 0.00000162. The number of halogens is 1. The average Bonchev–Trinajstić information content (AvgIpc) is 2.58. The van der Waals surface area contributed by atoms with Crippen molar-refractivity contribution in [1.82, 2.24) is 4.90 Å². The van der Waals surface area contributed by atoms with Crippen LogP contribution in [0.15, 0.2) is 4.99 Å². The lowest BCUT2D eigenvalue weighted by molar-refractivity contribution is 0.136. The molecule has 2 unspecified atom stereocenters. The second-order valence-electron chi connectivity index (χ2n) is 5.36. The molecule has 0 aromatic rings. The van der Waals surface area contributed by atoms with E-state index in [0.29, 0.717) is 18.4 Å². The first-order valence-corrected chi connectivity index (χ1v) is 7.00. The van der Waals surface area contributed by atoms with E-state index in [1.165, 1.54) is 25.7 Å². The van der Waals surface area contributed by atoms with Gasteiger partial charge in [0.2, 0.25) is 0 Å². The number of hydrogen-bond acceptors (Lipinski definition) is 2. The number of likely N-dealkylation sites (tertiary alicyclic amines) is 1. The van der Waals surface area contributed by atoms with Crippen molar-refractivity contribution in [1.29, 1.82) is 0 Å². The van der Waals surface area contributed by atoms with Gasteiger partial charge in [-0.2, -0.15) is 0 Å². The Morgan fingerprint density at radius 3 is 2.33 bits per heavy atom. The zero-order chi connectivity index (χ0) is 12.1. The quantitative estimate of drug-likeness (QED) is 0.446. The summed E-state index contributed by atoms with van der Waals surface area (Å²) < 4.78 is 0. The van der Waals surface area contributed by atoms with Crippen LogP contribution >= 0.6 is 24.0 Å². The SMILES string of the molecule is I.NC(=NCC1CCCC1O)N1CCCCCC1. The maximum Gasteiger partial charge on any atom is 0.191 e. The number of nitrogens with two attached hydrogens (primary N) is 1. The smallest absolute Gasteiger partial charge is 0.191 e. The van der Waals surface area contributed by atoms with Crippen LogP contribution in [0.1, 0.15) is 44.9 Å². The number of aliphatic imine (C=N–C) groups is 1. The molecule has 2 rings (SSSR count). The summed E-state index contributed by atoms with van der Waals surface area (Å²) >= 11 is 0. The number of aliphatic hydroxyl groups is 1. The van der Waals surface area contributed by atoms with Gasteiger partial charge in [0, 0.05) is 25.6 Å². The van der Waals surface area contributed by atoms with Gasteiger partial charge in [-0.3, -0.25) is 4.99 Å². The highest BCUT2D eigenvalue weighted by Gasteiger charge is 2.24. The fourth-order valence-electron chi connectivity index (χ4n) is 2.84. The van der Waals surface area contributed by atoms with Gasteiger partial charge >= 0.3 is 0 Å². The van der Waals surface area contributed by atoms with Gasteiger partial charge in [-0.25, -0.2) is 0 Å². The predicted octanol–water partition coefficient (Wildman–Crippen LogP) is 1.96. The molecule has 1 heterocycles. The van der Waals surface area contributed by atoms with Gasteiger partial charge < -0.3 is 15.7 Å². The molecule has 106 valence electrons. The third kappa shape index (κ3) is 4.57. The summed E-state index contributed by atoms with van der Waals surface area (Å²) in [5.41, 5.74) is 6.04. The molecule has 3 N–H and O–H groups in total. The molecule has 0 radical (unpaired) electrons. The van der Waals surface area contributed by atoms with E-state index >= 15 is 0 Å². The molecular weight excluding hydrogens is 341 g/mol. The molecule has 18 heavy (non-hydrogen) atoms. The topological polar surface area (TPSA) is 61.9 Å². The Morgan fingerprint density at radius 1 is 1.11 bits per heavy atom. The normalized spacial score (nSPS) is 29.8. The Hall–Kier alpha value is -0.0400. The van der Waals surface area contributed by atoms with E-state index in [2.05, 4.69) is 9.89 Å². The minimum absolute atomic E-state index is 0. The van der Waals surface area contributed by atoms with Crippen LogP contribution in [-0.4, -0.2) is 41.7 Å². The van der Waals surface area contributed by atoms with Crippen molar-refractivity contribution in [3.05, 3.63) is 0 Å². The minimum Gasteiger partial charge on any atom is -0.393 e. The van der Waals surface area contributed by atoms with Crippen molar-refractivity contribution in [2.24, 2.45) is 16.6 Å². The number of aliphatic hydroxyl groups excluding tert-OH is 1. The van der Waals surface area contributed by atoms with Crippen molar-refractivity contribution in [2.45, 2.75) is 51.0 Å². The monoisotopic (exact) mass is 367 g/mol. The molecular formula is C13H26IN3O. The lowest BCUT2D eigenvalue weighted by Crippen LogP contribution is -2.38. The zero-order valence-corrected chi connectivity index (χ0v) is 13.4. The van der Waals surface area contributed by atoms with Gasteiger partial charge in [0.05, 0.1) is 6.10 Å². The molecule has 2 atom stereocenters. The maximum absolute atomic E-state index is 9.73. The van der Waals surface area contributed by atoms with E-state index in [1.54, 1.807) is 0 Å². The summed E-state index contributed by atoms with van der Waals surface area (Å²) in [5, 5.41) is 9.73. The van der Waals surface area contributed by atoms with Crippen molar-refractivity contribution >= 4 is 29.9 Å². The molecule has 0 bridgehead atoms. The van der Waals surface area contributed by atoms with Crippen LogP contribution in [0.5, 0.6) is 0 Å². The van der Waals surface area contributed by atoms with Gasteiger partial charge in [-0.15, -0.1) is 24.0 Å². The molecule has 2 aliphatic rings. The molecule has 0 aromatic carbocycles. The number of hydrogen-bond donors (Lipinski definition) is 2. The van der Waals surface area contributed by atoms with Crippen LogP contribution in [0.3, 0.4) is 0 Å². The Kier molecular flexibility index (Phi) is 7.29. The number of nitrogens with zero attached hydrogens (tertiary/aromatic N) is 2. The first-order valence-electron chi connectivity index (χ1n) is 7.00. The van der Waals surface area contributed by atoms with Crippen LogP contribution < -0.4 is 5.73 Å². The largest absolute Gasteiger partial charge is 0.393 e. The summed E-state index contributed by atoms with van der Waals surface area (Å²) in [4.78, 5) is 6.68. The minimum atomic E-state index is -0.157. The van der Waals surface area contributed by atoms with E-state index < -0.39 is 0 Å². The van der Waals surface area contributed by atoms with Crippen LogP contribution in [0.25, 0.3) is 0 Å². The maximum atomic E-state index is 9.73. The van der Waals surface area contributed by atoms with E-state index in [9.17, 15) is 5.11 Å². The fraction of sp³-hybridized carbons (Fsp3) is 0.923. The van der Waals surface area contributed by atoms with Crippen molar-refractivity contribution in [3.8, 4) is 0 Å². The molecule has 5 heteroatoms. The van der Waals surface area contributed by atoms with Crippen LogP contribution in [0, 0.1) is 5.92 Å². The Bertz CT molecular complexity index is 265. The standard InChI is InChI=1S/C13H25N3O.HI/c14-13(16-8-3-1-2-4-9-16)15-10-11-6-5-7-12(11)17;/h11-12,17H,1-10H2,(H2,14,15);1H. The van der Waals surface area contributed by atoms with Crippen LogP contribution in [-0.2, 0) is 0 Å². The first-order chi connectivity index (χ1) is 8.27. The third-order valence-electron chi connectivity index (χ3n) is 4.04. The van der Waals surface area contributed by atoms with Crippen LogP contribution in [0.4, 0.5) is 0 Å². The van der Waals surface area contributed by atoms with Crippen molar-refractivity contribution in [2.75, 3.05) is 19.6 Å². The van der Waals surface area contributed by atoms with Gasteiger partial charge in [-0.05, 0) is 25.7 Å². The molecule has 1 saturated heterocycles. The summed E-state index contributed by atoms with van der Waals surface area (Å²) in [5.74, 6) is 1.02. The fourth-order valence-corrected chi connectivity index (χ4v) is 2.84. The highest BCUT2D eigenvalue weighted by Crippen LogP contribution is 2.25. The second kappa shape index (κ2) is 8.19. The van der Waals surface area contributed by atoms with E-state index in [-0.39, 0.29) is 30.1 Å². The van der Waals surface area contributed by atoms with Gasteiger partial charge in [0.25, 0.3) is 0 Å². The summed E-state index contributed by atoms with van der Waals surface area (Å²) in [7, 11) is 0. The molecule has 0 aromatic heterocycles. The van der Waals surface area contributed by atoms with Crippen molar-refractivity contribution in [3.63, 3.8) is 0 Å². The molecule has 1 aliphatic heterocycles. The van der Waals surface area contributed by atoms with Crippen molar-refractivity contribution < 1.29 is 5.11 Å². The molecule has 0 spiro atoms. The molecule has 1 aliphatic carbocycles. The number of guanidine groups is 1. The average molecular weight is 367 g/mol. The second-order valence-corrected chi connectivity index (χ2v) is 5.36. The summed E-state index contributed by atoms with van der Waals surface area (Å²) in [6.45, 7) is 2.79. The predicted molar refractivity (Wildman–Crippen MR) is 85.3 cm³/mol.